The predicted octanol–water partition coefficient (Wildman–Crippen LogP) is 3.02. The number of halogens is 3. The van der Waals surface area contributed by atoms with Crippen molar-refractivity contribution in [1.29, 1.82) is 0 Å². The summed E-state index contributed by atoms with van der Waals surface area (Å²) in [6, 6.07) is 4.91. The van der Waals surface area contributed by atoms with Gasteiger partial charge in [-0.3, -0.25) is 14.5 Å². The van der Waals surface area contributed by atoms with E-state index in [1.54, 1.807) is 6.92 Å². The van der Waals surface area contributed by atoms with E-state index in [2.05, 4.69) is 10.6 Å². The number of likely N-dealkylation sites (tertiary alicyclic amines) is 1. The van der Waals surface area contributed by atoms with E-state index in [9.17, 15) is 22.8 Å². The van der Waals surface area contributed by atoms with Crippen LogP contribution in [0.2, 0.25) is 0 Å². The maximum Gasteiger partial charge on any atom is 0.393 e. The van der Waals surface area contributed by atoms with Crippen molar-refractivity contribution < 1.29 is 22.8 Å². The molecule has 1 aliphatic heterocycles. The third-order valence-corrected chi connectivity index (χ3v) is 5.01. The molecule has 150 valence electrons. The third-order valence-electron chi connectivity index (χ3n) is 5.01. The van der Waals surface area contributed by atoms with Gasteiger partial charge >= 0.3 is 6.18 Å². The predicted molar refractivity (Wildman–Crippen MR) is 97.4 cm³/mol. The summed E-state index contributed by atoms with van der Waals surface area (Å²) in [4.78, 5) is 25.9. The molecule has 1 aromatic rings. The van der Waals surface area contributed by atoms with Crippen LogP contribution < -0.4 is 10.6 Å². The molecule has 1 heterocycles. The highest BCUT2D eigenvalue weighted by Gasteiger charge is 2.43. The highest BCUT2D eigenvalue weighted by atomic mass is 19.4. The van der Waals surface area contributed by atoms with Crippen LogP contribution in [0.5, 0.6) is 0 Å². The summed E-state index contributed by atoms with van der Waals surface area (Å²) < 4.78 is 38.8. The molecule has 8 heteroatoms. The second-order valence-electron chi connectivity index (χ2n) is 7.08. The Morgan fingerprint density at radius 3 is 2.48 bits per heavy atom. The largest absolute Gasteiger partial charge is 0.393 e. The molecule has 0 saturated carbocycles. The molecule has 2 atom stereocenters. The van der Waals surface area contributed by atoms with Gasteiger partial charge in [-0.1, -0.05) is 18.2 Å². The first-order valence-corrected chi connectivity index (χ1v) is 9.04. The summed E-state index contributed by atoms with van der Waals surface area (Å²) in [5, 5.41) is 5.28. The van der Waals surface area contributed by atoms with E-state index in [1.807, 2.05) is 32.0 Å². The van der Waals surface area contributed by atoms with Gasteiger partial charge in [-0.2, -0.15) is 13.2 Å². The van der Waals surface area contributed by atoms with Gasteiger partial charge in [0, 0.05) is 12.2 Å². The van der Waals surface area contributed by atoms with Gasteiger partial charge in [-0.15, -0.1) is 0 Å². The number of para-hydroxylation sites is 1. The standard InChI is InChI=1S/C19H26F3N3O2/c1-12-6-4-7-13(2)17(12)24-16(26)10-23-18(27)14(3)25-9-5-8-15(11-25)19(20,21)22/h4,6-7,14-15H,5,8-11H2,1-3H3,(H,23,27)(H,24,26). The maximum atomic E-state index is 12.9. The zero-order valence-electron chi connectivity index (χ0n) is 15.8. The first kappa shape index (κ1) is 21.2. The molecule has 27 heavy (non-hydrogen) atoms. The van der Waals surface area contributed by atoms with E-state index in [0.29, 0.717) is 18.7 Å². The van der Waals surface area contributed by atoms with Crippen molar-refractivity contribution in [2.24, 2.45) is 5.92 Å². The molecule has 1 fully saturated rings. The number of rotatable bonds is 5. The smallest absolute Gasteiger partial charge is 0.346 e. The van der Waals surface area contributed by atoms with E-state index < -0.39 is 24.0 Å². The van der Waals surface area contributed by atoms with Crippen molar-refractivity contribution in [2.45, 2.75) is 45.8 Å². The van der Waals surface area contributed by atoms with Gasteiger partial charge < -0.3 is 10.6 Å². The molecule has 2 rings (SSSR count). The van der Waals surface area contributed by atoms with Gasteiger partial charge in [0.15, 0.2) is 0 Å². The van der Waals surface area contributed by atoms with Crippen molar-refractivity contribution in [1.82, 2.24) is 10.2 Å². The molecule has 1 aromatic carbocycles. The van der Waals surface area contributed by atoms with Crippen molar-refractivity contribution in [2.75, 3.05) is 25.0 Å². The van der Waals surface area contributed by atoms with Crippen LogP contribution in [-0.2, 0) is 9.59 Å². The Labute approximate surface area is 157 Å². The Morgan fingerprint density at radius 1 is 1.26 bits per heavy atom. The monoisotopic (exact) mass is 385 g/mol. The Bertz CT molecular complexity index is 671. The number of nitrogens with zero attached hydrogens (tertiary/aromatic N) is 1. The summed E-state index contributed by atoms with van der Waals surface area (Å²) in [5.74, 6) is -2.23. The number of hydrogen-bond donors (Lipinski definition) is 2. The Hall–Kier alpha value is -2.09. The summed E-state index contributed by atoms with van der Waals surface area (Å²) in [7, 11) is 0. The lowest BCUT2D eigenvalue weighted by Crippen LogP contribution is -2.52. The van der Waals surface area contributed by atoms with E-state index in [-0.39, 0.29) is 25.4 Å². The van der Waals surface area contributed by atoms with Crippen LogP contribution in [0.1, 0.15) is 30.9 Å². The lowest BCUT2D eigenvalue weighted by atomic mass is 9.96. The normalized spacial score (nSPS) is 19.4. The molecule has 0 radical (unpaired) electrons. The minimum atomic E-state index is -4.25. The summed E-state index contributed by atoms with van der Waals surface area (Å²) in [5.41, 5.74) is 2.53. The van der Waals surface area contributed by atoms with Crippen LogP contribution in [0.4, 0.5) is 18.9 Å². The molecule has 1 saturated heterocycles. The quantitative estimate of drug-likeness (QED) is 0.819. The molecule has 0 aromatic heterocycles. The molecule has 2 unspecified atom stereocenters. The first-order valence-electron chi connectivity index (χ1n) is 9.04. The summed E-state index contributed by atoms with van der Waals surface area (Å²) in [6.07, 6.45) is -3.76. The van der Waals surface area contributed by atoms with Gasteiger partial charge in [0.05, 0.1) is 18.5 Å². The van der Waals surface area contributed by atoms with Crippen LogP contribution in [0, 0.1) is 19.8 Å². The zero-order chi connectivity index (χ0) is 20.2. The molecule has 0 bridgehead atoms. The fourth-order valence-electron chi connectivity index (χ4n) is 3.30. The number of aryl methyl sites for hydroxylation is 2. The Morgan fingerprint density at radius 2 is 1.89 bits per heavy atom. The van der Waals surface area contributed by atoms with Crippen molar-refractivity contribution in [3.8, 4) is 0 Å². The van der Waals surface area contributed by atoms with Gasteiger partial charge in [-0.05, 0) is 51.3 Å². The number of carbonyl (C=O) groups excluding carboxylic acids is 2. The highest BCUT2D eigenvalue weighted by molar-refractivity contribution is 5.96. The minimum absolute atomic E-state index is 0.0898. The summed E-state index contributed by atoms with van der Waals surface area (Å²) >= 11 is 0. The topological polar surface area (TPSA) is 61.4 Å². The van der Waals surface area contributed by atoms with Gasteiger partial charge in [0.25, 0.3) is 0 Å². The number of amides is 2. The van der Waals surface area contributed by atoms with Crippen molar-refractivity contribution in [3.63, 3.8) is 0 Å². The molecule has 5 nitrogen and oxygen atoms in total. The third kappa shape index (κ3) is 5.69. The molecule has 2 N–H and O–H groups in total. The molecular formula is C19H26F3N3O2. The number of hydrogen-bond acceptors (Lipinski definition) is 3. The number of benzene rings is 1. The Balaban J connectivity index is 1.86. The van der Waals surface area contributed by atoms with Gasteiger partial charge in [-0.25, -0.2) is 0 Å². The van der Waals surface area contributed by atoms with Crippen molar-refractivity contribution in [3.05, 3.63) is 29.3 Å². The van der Waals surface area contributed by atoms with E-state index in [1.165, 1.54) is 4.90 Å². The number of alkyl halides is 3. The van der Waals surface area contributed by atoms with Crippen LogP contribution >= 0.6 is 0 Å². The molecule has 1 aliphatic rings. The van der Waals surface area contributed by atoms with Crippen LogP contribution in [0.3, 0.4) is 0 Å². The molecule has 0 aliphatic carbocycles. The number of anilines is 1. The van der Waals surface area contributed by atoms with E-state index >= 15 is 0 Å². The average molecular weight is 385 g/mol. The fraction of sp³-hybridized carbons (Fsp3) is 0.579. The minimum Gasteiger partial charge on any atom is -0.346 e. The molecule has 2 amide bonds. The maximum absolute atomic E-state index is 12.9. The molecular weight excluding hydrogens is 359 g/mol. The summed E-state index contributed by atoms with van der Waals surface area (Å²) in [6.45, 7) is 5.33. The average Bonchev–Trinajstić information content (AvgIpc) is 2.61. The Kier molecular flexibility index (Phi) is 6.86. The lowest BCUT2D eigenvalue weighted by Gasteiger charge is -2.36. The van der Waals surface area contributed by atoms with Crippen LogP contribution in [0.25, 0.3) is 0 Å². The fourth-order valence-corrected chi connectivity index (χ4v) is 3.30. The lowest BCUT2D eigenvalue weighted by molar-refractivity contribution is -0.188. The van der Waals surface area contributed by atoms with Crippen LogP contribution in [-0.4, -0.2) is 48.6 Å². The SMILES string of the molecule is Cc1cccc(C)c1NC(=O)CNC(=O)C(C)N1CCCC(C(F)(F)F)C1. The van der Waals surface area contributed by atoms with E-state index in [4.69, 9.17) is 0 Å². The second kappa shape index (κ2) is 8.73. The van der Waals surface area contributed by atoms with Gasteiger partial charge in [0.1, 0.15) is 0 Å². The van der Waals surface area contributed by atoms with E-state index in [0.717, 1.165) is 11.1 Å². The highest BCUT2D eigenvalue weighted by Crippen LogP contribution is 2.33. The number of carbonyl (C=O) groups is 2. The number of nitrogens with one attached hydrogen (secondary N) is 2. The zero-order valence-corrected chi connectivity index (χ0v) is 15.8. The van der Waals surface area contributed by atoms with Crippen molar-refractivity contribution >= 4 is 17.5 Å². The van der Waals surface area contributed by atoms with Crippen LogP contribution in [0.15, 0.2) is 18.2 Å². The first-order chi connectivity index (χ1) is 12.6. The van der Waals surface area contributed by atoms with Gasteiger partial charge in [0.2, 0.25) is 11.8 Å². The molecule has 0 spiro atoms. The second-order valence-corrected chi connectivity index (χ2v) is 7.08. The number of piperidine rings is 1.